The van der Waals surface area contributed by atoms with Crippen molar-refractivity contribution in [3.8, 4) is 11.5 Å². The number of amides is 1. The fourth-order valence-electron chi connectivity index (χ4n) is 3.38. The van der Waals surface area contributed by atoms with Crippen LogP contribution in [0.2, 0.25) is 0 Å². The predicted molar refractivity (Wildman–Crippen MR) is 134 cm³/mol. The number of carboxylic acid groups (broad SMARTS) is 1. The Labute approximate surface area is 204 Å². The number of rotatable bonds is 12. The van der Waals surface area contributed by atoms with Crippen LogP contribution in [0.3, 0.4) is 0 Å². The smallest absolute Gasteiger partial charge is 0.408 e. The van der Waals surface area contributed by atoms with Gasteiger partial charge in [0.05, 0.1) is 6.61 Å². The molecular weight excluding hydrogens is 450 g/mol. The number of unbranched alkanes of at least 4 members (excludes halogenated alkanes) is 1. The molecule has 0 saturated carbocycles. The highest BCUT2D eigenvalue weighted by molar-refractivity contribution is 6.12. The number of carbonyl (C=O) groups excluding carboxylic acids is 1. The summed E-state index contributed by atoms with van der Waals surface area (Å²) in [5.74, 6) is -0.265. The first-order chi connectivity index (χ1) is 16.6. The molecule has 0 aliphatic rings. The van der Waals surface area contributed by atoms with Crippen molar-refractivity contribution in [3.05, 3.63) is 75.0 Å². The highest BCUT2D eigenvalue weighted by Gasteiger charge is 2.22. The van der Waals surface area contributed by atoms with Crippen LogP contribution in [0.1, 0.15) is 79.6 Å². The second-order valence-electron chi connectivity index (χ2n) is 8.40. The van der Waals surface area contributed by atoms with Crippen LogP contribution in [0, 0.1) is 6.92 Å². The average molecular weight is 484 g/mol. The van der Waals surface area contributed by atoms with Crippen LogP contribution in [0.4, 0.5) is 4.79 Å². The van der Waals surface area contributed by atoms with Crippen LogP contribution >= 0.6 is 0 Å². The van der Waals surface area contributed by atoms with Crippen molar-refractivity contribution in [2.24, 2.45) is 0 Å². The SMILES string of the molecule is CCCCOc1ccc(/C=C(\C)C(=O)c2c(O)cc(C(C)CC/C=C/NC(=O)O)oc2=O)c(C)c1. The number of nitrogens with one attached hydrogen (secondary N) is 1. The van der Waals surface area contributed by atoms with E-state index in [1.807, 2.05) is 25.1 Å². The number of ketones is 1. The Balaban J connectivity index is 2.15. The van der Waals surface area contributed by atoms with Crippen LogP contribution in [0.25, 0.3) is 6.08 Å². The second-order valence-corrected chi connectivity index (χ2v) is 8.40. The van der Waals surface area contributed by atoms with Crippen molar-refractivity contribution in [3.63, 3.8) is 0 Å². The summed E-state index contributed by atoms with van der Waals surface area (Å²) in [5.41, 5.74) is 0.700. The summed E-state index contributed by atoms with van der Waals surface area (Å²) in [6.07, 6.45) is 6.55. The summed E-state index contributed by atoms with van der Waals surface area (Å²) in [4.78, 5) is 35.9. The molecule has 0 bridgehead atoms. The lowest BCUT2D eigenvalue weighted by atomic mass is 9.98. The molecule has 188 valence electrons. The number of benzene rings is 1. The van der Waals surface area contributed by atoms with E-state index in [0.717, 1.165) is 29.7 Å². The number of hydrogen-bond acceptors (Lipinski definition) is 6. The van der Waals surface area contributed by atoms with Crippen molar-refractivity contribution in [1.29, 1.82) is 0 Å². The molecule has 3 N–H and O–H groups in total. The summed E-state index contributed by atoms with van der Waals surface area (Å²) in [5, 5.41) is 21.1. The monoisotopic (exact) mass is 483 g/mol. The van der Waals surface area contributed by atoms with E-state index in [2.05, 4.69) is 12.2 Å². The predicted octanol–water partition coefficient (Wildman–Crippen LogP) is 5.78. The third-order valence-corrected chi connectivity index (χ3v) is 5.49. The van der Waals surface area contributed by atoms with E-state index in [-0.39, 0.29) is 17.3 Å². The first-order valence-electron chi connectivity index (χ1n) is 11.6. The molecule has 1 aromatic heterocycles. The summed E-state index contributed by atoms with van der Waals surface area (Å²) in [6, 6.07) is 6.87. The number of aromatic hydroxyl groups is 1. The summed E-state index contributed by atoms with van der Waals surface area (Å²) >= 11 is 0. The lowest BCUT2D eigenvalue weighted by Crippen LogP contribution is -2.16. The van der Waals surface area contributed by atoms with E-state index in [1.165, 1.54) is 12.3 Å². The van der Waals surface area contributed by atoms with E-state index in [9.17, 15) is 19.5 Å². The van der Waals surface area contributed by atoms with Crippen LogP contribution in [-0.4, -0.2) is 28.7 Å². The molecule has 0 aliphatic carbocycles. The quantitative estimate of drug-likeness (QED) is 0.198. The molecule has 8 heteroatoms. The molecule has 0 radical (unpaired) electrons. The van der Waals surface area contributed by atoms with Gasteiger partial charge in [0, 0.05) is 18.2 Å². The molecule has 35 heavy (non-hydrogen) atoms. The number of ether oxygens (including phenoxy) is 1. The molecule has 0 fully saturated rings. The van der Waals surface area contributed by atoms with Crippen molar-refractivity contribution >= 4 is 18.0 Å². The fraction of sp³-hybridized carbons (Fsp3) is 0.370. The highest BCUT2D eigenvalue weighted by atomic mass is 16.5. The highest BCUT2D eigenvalue weighted by Crippen LogP contribution is 2.27. The third kappa shape index (κ3) is 8.17. The van der Waals surface area contributed by atoms with Gasteiger partial charge in [0.25, 0.3) is 0 Å². The molecule has 1 unspecified atom stereocenters. The van der Waals surface area contributed by atoms with E-state index in [1.54, 1.807) is 26.0 Å². The molecule has 0 spiro atoms. The molecular formula is C27H33NO7. The molecule has 1 amide bonds. The minimum absolute atomic E-state index is 0.232. The maximum absolute atomic E-state index is 12.9. The summed E-state index contributed by atoms with van der Waals surface area (Å²) < 4.78 is 11.0. The average Bonchev–Trinajstić information content (AvgIpc) is 2.79. The zero-order chi connectivity index (χ0) is 26.0. The van der Waals surface area contributed by atoms with Crippen LogP contribution in [-0.2, 0) is 0 Å². The summed E-state index contributed by atoms with van der Waals surface area (Å²) in [7, 11) is 0. The minimum atomic E-state index is -1.15. The Hall–Kier alpha value is -3.81. The molecule has 1 atom stereocenters. The lowest BCUT2D eigenvalue weighted by Gasteiger charge is -2.11. The van der Waals surface area contributed by atoms with Crippen molar-refractivity contribution < 1.29 is 29.0 Å². The van der Waals surface area contributed by atoms with E-state index < -0.39 is 28.8 Å². The van der Waals surface area contributed by atoms with Gasteiger partial charge >= 0.3 is 11.7 Å². The standard InChI is InChI=1S/C27H33NO7/c1-5-6-13-34-21-11-10-20(18(3)15-21)14-19(4)25(30)24-22(29)16-23(35-26(24)31)17(2)9-7-8-12-28-27(32)33/h8,10-12,14-17,28-29H,5-7,9,13H2,1-4H3,(H,32,33)/b12-8+,19-14+. The zero-order valence-electron chi connectivity index (χ0n) is 20.6. The number of Topliss-reactive ketones (excluding diaryl/α,β-unsaturated/α-hetero) is 1. The lowest BCUT2D eigenvalue weighted by molar-refractivity contribution is 0.102. The number of allylic oxidation sites excluding steroid dienone is 2. The van der Waals surface area contributed by atoms with Gasteiger partial charge in [-0.2, -0.15) is 0 Å². The van der Waals surface area contributed by atoms with E-state index >= 15 is 0 Å². The Morgan fingerprint density at radius 3 is 2.63 bits per heavy atom. The molecule has 0 saturated heterocycles. The van der Waals surface area contributed by atoms with Crippen molar-refractivity contribution in [1.82, 2.24) is 5.32 Å². The van der Waals surface area contributed by atoms with Crippen LogP contribution in [0.15, 0.2) is 51.3 Å². The van der Waals surface area contributed by atoms with Gasteiger partial charge in [0.15, 0.2) is 5.78 Å². The largest absolute Gasteiger partial charge is 0.507 e. The van der Waals surface area contributed by atoms with Gasteiger partial charge in [-0.15, -0.1) is 0 Å². The normalized spacial score (nSPS) is 12.5. The fourth-order valence-corrected chi connectivity index (χ4v) is 3.38. The molecule has 2 rings (SSSR count). The number of hydrogen-bond donors (Lipinski definition) is 3. The Kier molecular flexibility index (Phi) is 10.3. The molecule has 1 heterocycles. The van der Waals surface area contributed by atoms with Crippen molar-refractivity contribution in [2.45, 2.75) is 59.3 Å². The van der Waals surface area contributed by atoms with Gasteiger partial charge < -0.3 is 19.4 Å². The van der Waals surface area contributed by atoms with Crippen LogP contribution in [0.5, 0.6) is 11.5 Å². The number of aryl methyl sites for hydroxylation is 1. The maximum atomic E-state index is 12.9. The number of carbonyl (C=O) groups is 2. The first kappa shape index (κ1) is 27.4. The minimum Gasteiger partial charge on any atom is -0.507 e. The molecule has 1 aromatic carbocycles. The Morgan fingerprint density at radius 2 is 2.00 bits per heavy atom. The van der Waals surface area contributed by atoms with E-state index in [0.29, 0.717) is 19.4 Å². The molecule has 0 aliphatic heterocycles. The summed E-state index contributed by atoms with van der Waals surface area (Å²) in [6.45, 7) is 8.04. The van der Waals surface area contributed by atoms with Crippen LogP contribution < -0.4 is 15.7 Å². The van der Waals surface area contributed by atoms with Gasteiger partial charge in [0.2, 0.25) is 0 Å². The van der Waals surface area contributed by atoms with Gasteiger partial charge in [-0.05, 0) is 68.0 Å². The van der Waals surface area contributed by atoms with Gasteiger partial charge in [-0.1, -0.05) is 32.4 Å². The third-order valence-electron chi connectivity index (χ3n) is 5.49. The second kappa shape index (κ2) is 13.2. The topological polar surface area (TPSA) is 126 Å². The Morgan fingerprint density at radius 1 is 1.26 bits per heavy atom. The van der Waals surface area contributed by atoms with Gasteiger partial charge in [-0.3, -0.25) is 10.1 Å². The van der Waals surface area contributed by atoms with Gasteiger partial charge in [0.1, 0.15) is 22.8 Å². The molecule has 8 nitrogen and oxygen atoms in total. The Bertz CT molecular complexity index is 1160. The van der Waals surface area contributed by atoms with Crippen molar-refractivity contribution in [2.75, 3.05) is 6.61 Å². The molecule has 2 aromatic rings. The van der Waals surface area contributed by atoms with E-state index in [4.69, 9.17) is 14.3 Å². The first-order valence-corrected chi connectivity index (χ1v) is 11.6. The van der Waals surface area contributed by atoms with Gasteiger partial charge in [-0.25, -0.2) is 9.59 Å². The maximum Gasteiger partial charge on any atom is 0.408 e. The zero-order valence-corrected chi connectivity index (χ0v) is 20.6.